The summed E-state index contributed by atoms with van der Waals surface area (Å²) in [6, 6.07) is 10.2. The van der Waals surface area contributed by atoms with Crippen LogP contribution in [0.15, 0.2) is 47.1 Å². The van der Waals surface area contributed by atoms with Crippen LogP contribution < -0.4 is 10.6 Å². The molecule has 3 aromatic rings. The summed E-state index contributed by atoms with van der Waals surface area (Å²) in [4.78, 5) is 26.7. The first-order valence-electron chi connectivity index (χ1n) is 9.07. The maximum atomic E-state index is 13.1. The van der Waals surface area contributed by atoms with Gasteiger partial charge in [0.05, 0.1) is 11.8 Å². The highest BCUT2D eigenvalue weighted by Crippen LogP contribution is 2.40. The van der Waals surface area contributed by atoms with Gasteiger partial charge in [-0.05, 0) is 67.1 Å². The van der Waals surface area contributed by atoms with E-state index in [0.29, 0.717) is 27.2 Å². The lowest BCUT2D eigenvalue weighted by atomic mass is 9.88. The van der Waals surface area contributed by atoms with Crippen molar-refractivity contribution in [1.29, 1.82) is 0 Å². The van der Waals surface area contributed by atoms with Crippen LogP contribution in [0.2, 0.25) is 5.02 Å². The number of halogens is 1. The summed E-state index contributed by atoms with van der Waals surface area (Å²) in [5.41, 5.74) is 2.23. The molecule has 2 amide bonds. The molecule has 0 saturated heterocycles. The first-order valence-corrected chi connectivity index (χ1v) is 10.3. The predicted molar refractivity (Wildman–Crippen MR) is 112 cm³/mol. The van der Waals surface area contributed by atoms with Gasteiger partial charge in [0.25, 0.3) is 11.8 Å². The highest BCUT2D eigenvalue weighted by atomic mass is 35.5. The zero-order chi connectivity index (χ0) is 19.7. The number of fused-ring (bicyclic) bond motifs is 1. The summed E-state index contributed by atoms with van der Waals surface area (Å²) in [6.45, 7) is 2.21. The molecule has 0 bridgehead atoms. The fraction of sp³-hybridized carbons (Fsp3) is 0.238. The molecule has 2 aromatic heterocycles. The van der Waals surface area contributed by atoms with Gasteiger partial charge in [-0.25, -0.2) is 0 Å². The minimum atomic E-state index is -0.364. The van der Waals surface area contributed by atoms with E-state index in [2.05, 4.69) is 17.6 Å². The predicted octanol–water partition coefficient (Wildman–Crippen LogP) is 5.62. The number of carbonyl (C=O) groups is 2. The van der Waals surface area contributed by atoms with E-state index in [0.717, 1.165) is 29.7 Å². The minimum absolute atomic E-state index is 0.212. The van der Waals surface area contributed by atoms with Crippen LogP contribution >= 0.6 is 22.9 Å². The highest BCUT2D eigenvalue weighted by Gasteiger charge is 2.29. The van der Waals surface area contributed by atoms with E-state index in [1.54, 1.807) is 36.4 Å². The maximum absolute atomic E-state index is 13.1. The molecule has 0 aliphatic heterocycles. The Bertz CT molecular complexity index is 1010. The molecule has 0 fully saturated rings. The van der Waals surface area contributed by atoms with Gasteiger partial charge in [0.15, 0.2) is 5.76 Å². The zero-order valence-corrected chi connectivity index (χ0v) is 16.8. The van der Waals surface area contributed by atoms with E-state index in [1.165, 1.54) is 17.6 Å². The van der Waals surface area contributed by atoms with Gasteiger partial charge in [0, 0.05) is 15.6 Å². The minimum Gasteiger partial charge on any atom is -0.459 e. The van der Waals surface area contributed by atoms with Crippen LogP contribution in [-0.2, 0) is 12.8 Å². The Morgan fingerprint density at radius 3 is 2.64 bits per heavy atom. The molecular formula is C21H19ClN2O3S. The third-order valence-electron chi connectivity index (χ3n) is 4.81. The maximum Gasteiger partial charge on any atom is 0.291 e. The van der Waals surface area contributed by atoms with Crippen LogP contribution in [0.5, 0.6) is 0 Å². The first kappa shape index (κ1) is 18.8. The number of hydrogen-bond acceptors (Lipinski definition) is 4. The van der Waals surface area contributed by atoms with E-state index in [1.807, 2.05) is 0 Å². The van der Waals surface area contributed by atoms with Crippen molar-refractivity contribution in [3.8, 4) is 0 Å². The van der Waals surface area contributed by atoms with Gasteiger partial charge in [0.2, 0.25) is 0 Å². The largest absolute Gasteiger partial charge is 0.459 e. The van der Waals surface area contributed by atoms with Crippen LogP contribution in [0.1, 0.15) is 44.7 Å². The van der Waals surface area contributed by atoms with Gasteiger partial charge in [-0.2, -0.15) is 0 Å². The number of carbonyl (C=O) groups excluding carboxylic acids is 2. The number of rotatable bonds is 4. The molecule has 1 aromatic carbocycles. The summed E-state index contributed by atoms with van der Waals surface area (Å²) in [7, 11) is 0. The van der Waals surface area contributed by atoms with Gasteiger partial charge in [-0.3, -0.25) is 9.59 Å². The average Bonchev–Trinajstić information content (AvgIpc) is 3.31. The zero-order valence-electron chi connectivity index (χ0n) is 15.3. The molecule has 0 unspecified atom stereocenters. The first-order chi connectivity index (χ1) is 13.5. The van der Waals surface area contributed by atoms with Crippen LogP contribution in [0.3, 0.4) is 0 Å². The summed E-state index contributed by atoms with van der Waals surface area (Å²) in [5.74, 6) is 0.178. The van der Waals surface area contributed by atoms with E-state index in [9.17, 15) is 9.59 Å². The summed E-state index contributed by atoms with van der Waals surface area (Å²) in [6.07, 6.45) is 4.21. The Morgan fingerprint density at radius 1 is 1.14 bits per heavy atom. The lowest BCUT2D eigenvalue weighted by molar-refractivity contribution is 0.0997. The second-order valence-corrected chi connectivity index (χ2v) is 8.49. The summed E-state index contributed by atoms with van der Waals surface area (Å²) < 4.78 is 5.17. The van der Waals surface area contributed by atoms with E-state index in [-0.39, 0.29) is 17.6 Å². The molecule has 2 N–H and O–H groups in total. The van der Waals surface area contributed by atoms with Crippen LogP contribution in [-0.4, -0.2) is 11.8 Å². The Morgan fingerprint density at radius 2 is 1.93 bits per heavy atom. The fourth-order valence-electron chi connectivity index (χ4n) is 3.38. The topological polar surface area (TPSA) is 71.3 Å². The molecule has 0 saturated carbocycles. The van der Waals surface area contributed by atoms with Crippen LogP contribution in [0.25, 0.3) is 0 Å². The van der Waals surface area contributed by atoms with Crippen molar-refractivity contribution >= 4 is 45.4 Å². The molecule has 1 atom stereocenters. The van der Waals surface area contributed by atoms with Crippen LogP contribution in [0.4, 0.5) is 10.7 Å². The summed E-state index contributed by atoms with van der Waals surface area (Å²) in [5, 5.41) is 6.95. The fourth-order valence-corrected chi connectivity index (χ4v) is 4.91. The van der Waals surface area contributed by atoms with Gasteiger partial charge < -0.3 is 15.1 Å². The molecule has 2 heterocycles. The normalized spacial score (nSPS) is 15.7. The molecular weight excluding hydrogens is 396 g/mol. The molecule has 4 rings (SSSR count). The van der Waals surface area contributed by atoms with Crippen molar-refractivity contribution in [1.82, 2.24) is 0 Å². The third-order valence-corrected chi connectivity index (χ3v) is 6.23. The Labute approximate surface area is 171 Å². The lowest BCUT2D eigenvalue weighted by Gasteiger charge is -2.18. The van der Waals surface area contributed by atoms with Gasteiger partial charge in [0.1, 0.15) is 5.00 Å². The summed E-state index contributed by atoms with van der Waals surface area (Å²) >= 11 is 7.40. The molecule has 1 aliphatic carbocycles. The van der Waals surface area contributed by atoms with Crippen molar-refractivity contribution in [2.45, 2.75) is 26.2 Å². The van der Waals surface area contributed by atoms with Crippen molar-refractivity contribution in [3.05, 3.63) is 69.4 Å². The molecule has 5 nitrogen and oxygen atoms in total. The molecule has 144 valence electrons. The number of anilines is 2. The number of benzene rings is 1. The smallest absolute Gasteiger partial charge is 0.291 e. The standard InChI is InChI=1S/C21H19ClN2O3S/c1-12-4-9-15-17(11-12)28-21(24-19(25)16-3-2-10-27-16)18(15)20(26)23-14-7-5-13(22)6-8-14/h2-3,5-8,10,12H,4,9,11H2,1H3,(H,23,26)(H,24,25)/t12-/m1/s1. The monoisotopic (exact) mass is 414 g/mol. The van der Waals surface area contributed by atoms with Crippen molar-refractivity contribution in [2.24, 2.45) is 5.92 Å². The van der Waals surface area contributed by atoms with Gasteiger partial charge in [-0.15, -0.1) is 11.3 Å². The van der Waals surface area contributed by atoms with E-state index in [4.69, 9.17) is 16.0 Å². The lowest BCUT2D eigenvalue weighted by Crippen LogP contribution is -2.19. The second-order valence-electron chi connectivity index (χ2n) is 6.95. The number of amides is 2. The van der Waals surface area contributed by atoms with E-state index < -0.39 is 0 Å². The third kappa shape index (κ3) is 3.84. The number of furan rings is 1. The Kier molecular flexibility index (Phi) is 5.24. The molecule has 28 heavy (non-hydrogen) atoms. The molecule has 1 aliphatic rings. The number of hydrogen-bond donors (Lipinski definition) is 2. The average molecular weight is 415 g/mol. The SMILES string of the molecule is C[C@@H]1CCc2c(sc(NC(=O)c3ccco3)c2C(=O)Nc2ccc(Cl)cc2)C1. The van der Waals surface area contributed by atoms with E-state index >= 15 is 0 Å². The number of nitrogens with one attached hydrogen (secondary N) is 2. The second kappa shape index (κ2) is 7.81. The molecule has 0 radical (unpaired) electrons. The Hall–Kier alpha value is -2.57. The number of thiophene rings is 1. The van der Waals surface area contributed by atoms with Crippen LogP contribution in [0, 0.1) is 5.92 Å². The van der Waals surface area contributed by atoms with Gasteiger partial charge in [-0.1, -0.05) is 18.5 Å². The molecule has 7 heteroatoms. The molecule has 0 spiro atoms. The van der Waals surface area contributed by atoms with Crippen molar-refractivity contribution in [2.75, 3.05) is 10.6 Å². The van der Waals surface area contributed by atoms with Crippen molar-refractivity contribution < 1.29 is 14.0 Å². The van der Waals surface area contributed by atoms with Crippen molar-refractivity contribution in [3.63, 3.8) is 0 Å². The van der Waals surface area contributed by atoms with Gasteiger partial charge >= 0.3 is 0 Å². The highest BCUT2D eigenvalue weighted by molar-refractivity contribution is 7.17. The Balaban J connectivity index is 1.66. The quantitative estimate of drug-likeness (QED) is 0.581.